The van der Waals surface area contributed by atoms with Crippen LogP contribution in [0.2, 0.25) is 0 Å². The quantitative estimate of drug-likeness (QED) is 0.693. The molecule has 0 atom stereocenters. The van der Waals surface area contributed by atoms with E-state index in [1.165, 1.54) is 13.3 Å². The number of aryl methyl sites for hydroxylation is 1. The van der Waals surface area contributed by atoms with E-state index in [-0.39, 0.29) is 5.82 Å². The van der Waals surface area contributed by atoms with Crippen LogP contribution in [0.15, 0.2) is 18.3 Å². The molecule has 0 fully saturated rings. The lowest BCUT2D eigenvalue weighted by atomic mass is 10.2. The summed E-state index contributed by atoms with van der Waals surface area (Å²) in [5, 5.41) is 0. The normalized spacial score (nSPS) is 10.5. The maximum Gasteiger partial charge on any atom is 0.213 e. The van der Waals surface area contributed by atoms with Gasteiger partial charge in [0, 0.05) is 11.6 Å². The molecule has 4 heteroatoms. The molecule has 0 unspecified atom stereocenters. The van der Waals surface area contributed by atoms with E-state index in [1.54, 1.807) is 19.1 Å². The fourth-order valence-electron chi connectivity index (χ4n) is 1.26. The number of halogens is 1. The first-order chi connectivity index (χ1) is 6.72. The van der Waals surface area contributed by atoms with Crippen molar-refractivity contribution in [3.63, 3.8) is 0 Å². The molecule has 0 bridgehead atoms. The average Bonchev–Trinajstić information content (AvgIpc) is 2.23. The molecule has 2 aromatic heterocycles. The number of fused-ring (bicyclic) bond motifs is 1. The van der Waals surface area contributed by atoms with Gasteiger partial charge in [0.1, 0.15) is 5.82 Å². The summed E-state index contributed by atoms with van der Waals surface area (Å²) < 4.78 is 18.1. The molecule has 0 aliphatic rings. The van der Waals surface area contributed by atoms with Crippen molar-refractivity contribution < 1.29 is 9.13 Å². The Labute approximate surface area is 80.6 Å². The smallest absolute Gasteiger partial charge is 0.213 e. The Hall–Kier alpha value is -1.71. The Morgan fingerprint density at radius 3 is 2.86 bits per heavy atom. The lowest BCUT2D eigenvalue weighted by Gasteiger charge is -2.03. The summed E-state index contributed by atoms with van der Waals surface area (Å²) in [6.07, 6.45) is 1.20. The van der Waals surface area contributed by atoms with E-state index in [2.05, 4.69) is 9.97 Å². The lowest BCUT2D eigenvalue weighted by Crippen LogP contribution is -1.93. The predicted molar refractivity (Wildman–Crippen MR) is 50.8 cm³/mol. The van der Waals surface area contributed by atoms with Crippen LogP contribution in [-0.4, -0.2) is 17.1 Å². The fourth-order valence-corrected chi connectivity index (χ4v) is 1.26. The molecule has 2 rings (SSSR count). The third kappa shape index (κ3) is 1.28. The Kier molecular flexibility index (Phi) is 2.04. The second-order valence-electron chi connectivity index (χ2n) is 2.95. The number of hydrogen-bond donors (Lipinski definition) is 0. The highest BCUT2D eigenvalue weighted by Gasteiger charge is 2.06. The maximum atomic E-state index is 13.1. The van der Waals surface area contributed by atoms with Crippen molar-refractivity contribution in [3.8, 4) is 5.88 Å². The van der Waals surface area contributed by atoms with Gasteiger partial charge in [-0.15, -0.1) is 0 Å². The molecular weight excluding hydrogens is 183 g/mol. The van der Waals surface area contributed by atoms with Crippen LogP contribution in [0.25, 0.3) is 11.0 Å². The molecule has 0 aliphatic carbocycles. The molecule has 0 radical (unpaired) electrons. The Balaban J connectivity index is 2.78. The molecule has 72 valence electrons. The van der Waals surface area contributed by atoms with Crippen molar-refractivity contribution in [2.45, 2.75) is 6.92 Å². The van der Waals surface area contributed by atoms with Crippen molar-refractivity contribution >= 4 is 11.0 Å². The van der Waals surface area contributed by atoms with Crippen molar-refractivity contribution in [2.75, 3.05) is 7.11 Å². The molecule has 0 aliphatic heterocycles. The van der Waals surface area contributed by atoms with Gasteiger partial charge in [-0.3, -0.25) is 4.98 Å². The number of nitrogens with zero attached hydrogens (tertiary/aromatic N) is 2. The van der Waals surface area contributed by atoms with E-state index < -0.39 is 0 Å². The van der Waals surface area contributed by atoms with Crippen LogP contribution in [0.3, 0.4) is 0 Å². The first-order valence-corrected chi connectivity index (χ1v) is 4.18. The second-order valence-corrected chi connectivity index (χ2v) is 2.95. The first kappa shape index (κ1) is 8.87. The summed E-state index contributed by atoms with van der Waals surface area (Å²) in [6.45, 7) is 1.67. The zero-order valence-electron chi connectivity index (χ0n) is 7.91. The molecule has 0 spiro atoms. The van der Waals surface area contributed by atoms with Crippen LogP contribution >= 0.6 is 0 Å². The largest absolute Gasteiger partial charge is 0.481 e. The molecule has 2 heterocycles. The highest BCUT2D eigenvalue weighted by Crippen LogP contribution is 2.19. The van der Waals surface area contributed by atoms with Gasteiger partial charge in [-0.1, -0.05) is 0 Å². The SMILES string of the molecule is COc1ccc2ncc(F)c(C)c2n1. The molecule has 0 saturated heterocycles. The summed E-state index contributed by atoms with van der Waals surface area (Å²) >= 11 is 0. The van der Waals surface area contributed by atoms with Gasteiger partial charge in [0.05, 0.1) is 24.3 Å². The van der Waals surface area contributed by atoms with Gasteiger partial charge in [0.2, 0.25) is 5.88 Å². The molecule has 3 nitrogen and oxygen atoms in total. The maximum absolute atomic E-state index is 13.1. The molecular formula is C10H9FN2O. The molecule has 14 heavy (non-hydrogen) atoms. The first-order valence-electron chi connectivity index (χ1n) is 4.18. The van der Waals surface area contributed by atoms with Gasteiger partial charge >= 0.3 is 0 Å². The van der Waals surface area contributed by atoms with Crippen LogP contribution in [-0.2, 0) is 0 Å². The zero-order chi connectivity index (χ0) is 10.1. The summed E-state index contributed by atoms with van der Waals surface area (Å²) in [5.74, 6) is 0.117. The highest BCUT2D eigenvalue weighted by molar-refractivity contribution is 5.77. The highest BCUT2D eigenvalue weighted by atomic mass is 19.1. The molecule has 0 aromatic carbocycles. The minimum absolute atomic E-state index is 0.349. The summed E-state index contributed by atoms with van der Waals surface area (Å²) in [7, 11) is 1.52. The van der Waals surface area contributed by atoms with Crippen LogP contribution in [0.5, 0.6) is 5.88 Å². The number of pyridine rings is 2. The third-order valence-electron chi connectivity index (χ3n) is 2.09. The Morgan fingerprint density at radius 1 is 1.36 bits per heavy atom. The van der Waals surface area contributed by atoms with E-state index >= 15 is 0 Å². The molecule has 0 N–H and O–H groups in total. The monoisotopic (exact) mass is 192 g/mol. The van der Waals surface area contributed by atoms with Crippen LogP contribution in [0.4, 0.5) is 4.39 Å². The van der Waals surface area contributed by atoms with Crippen molar-refractivity contribution in [1.82, 2.24) is 9.97 Å². The van der Waals surface area contributed by atoms with Crippen LogP contribution in [0.1, 0.15) is 5.56 Å². The molecule has 0 amide bonds. The topological polar surface area (TPSA) is 35.0 Å². The Bertz CT molecular complexity index is 485. The predicted octanol–water partition coefficient (Wildman–Crippen LogP) is 2.09. The van der Waals surface area contributed by atoms with Gasteiger partial charge in [-0.05, 0) is 13.0 Å². The second kappa shape index (κ2) is 3.21. The minimum atomic E-state index is -0.349. The number of aromatic nitrogens is 2. The van der Waals surface area contributed by atoms with Crippen molar-refractivity contribution in [3.05, 3.63) is 29.7 Å². The average molecular weight is 192 g/mol. The van der Waals surface area contributed by atoms with Crippen molar-refractivity contribution in [1.29, 1.82) is 0 Å². The van der Waals surface area contributed by atoms with E-state index in [0.29, 0.717) is 22.5 Å². The standard InChI is InChI=1S/C10H9FN2O/c1-6-7(11)5-12-8-3-4-9(14-2)13-10(6)8/h3-5H,1-2H3. The summed E-state index contributed by atoms with van der Waals surface area (Å²) in [6, 6.07) is 3.46. The van der Waals surface area contributed by atoms with Crippen LogP contribution in [0, 0.1) is 12.7 Å². The van der Waals surface area contributed by atoms with Gasteiger partial charge < -0.3 is 4.74 Å². The summed E-state index contributed by atoms with van der Waals surface area (Å²) in [4.78, 5) is 8.05. The van der Waals surface area contributed by atoms with Gasteiger partial charge in [0.25, 0.3) is 0 Å². The summed E-state index contributed by atoms with van der Waals surface area (Å²) in [5.41, 5.74) is 1.71. The lowest BCUT2D eigenvalue weighted by molar-refractivity contribution is 0.399. The van der Waals surface area contributed by atoms with Gasteiger partial charge in [-0.25, -0.2) is 9.37 Å². The number of hydrogen-bond acceptors (Lipinski definition) is 3. The molecule has 2 aromatic rings. The fraction of sp³-hybridized carbons (Fsp3) is 0.200. The third-order valence-corrected chi connectivity index (χ3v) is 2.09. The van der Waals surface area contributed by atoms with Crippen molar-refractivity contribution in [2.24, 2.45) is 0 Å². The number of ether oxygens (including phenoxy) is 1. The molecule has 0 saturated carbocycles. The van der Waals surface area contributed by atoms with Gasteiger partial charge in [-0.2, -0.15) is 0 Å². The van der Waals surface area contributed by atoms with Gasteiger partial charge in [0.15, 0.2) is 0 Å². The van der Waals surface area contributed by atoms with E-state index in [1.807, 2.05) is 0 Å². The minimum Gasteiger partial charge on any atom is -0.481 e. The number of rotatable bonds is 1. The Morgan fingerprint density at radius 2 is 2.14 bits per heavy atom. The van der Waals surface area contributed by atoms with Crippen LogP contribution < -0.4 is 4.74 Å². The number of methoxy groups -OCH3 is 1. The van der Waals surface area contributed by atoms with E-state index in [0.717, 1.165) is 0 Å². The zero-order valence-corrected chi connectivity index (χ0v) is 7.91. The van der Waals surface area contributed by atoms with E-state index in [4.69, 9.17) is 4.74 Å². The van der Waals surface area contributed by atoms with E-state index in [9.17, 15) is 4.39 Å².